The maximum absolute atomic E-state index is 12.7. The Kier molecular flexibility index (Phi) is 28.3. The molecule has 0 aromatic heterocycles. The van der Waals surface area contributed by atoms with Gasteiger partial charge in [0.2, 0.25) is 17.7 Å². The zero-order valence-corrected chi connectivity index (χ0v) is 29.0. The number of hydrogen-bond donors (Lipinski definition) is 3. The Labute approximate surface area is 259 Å². The van der Waals surface area contributed by atoms with Gasteiger partial charge in [0.1, 0.15) is 0 Å². The Morgan fingerprint density at radius 2 is 1.07 bits per heavy atom. The van der Waals surface area contributed by atoms with Crippen LogP contribution < -0.4 is 16.4 Å². The summed E-state index contributed by atoms with van der Waals surface area (Å²) in [5.41, 5.74) is 4.85. The summed E-state index contributed by atoms with van der Waals surface area (Å²) < 4.78 is 0. The number of rotatable bonds is 13. The second-order valence-corrected chi connectivity index (χ2v) is 11.0. The average molecular weight is 600 g/mol. The predicted octanol–water partition coefficient (Wildman–Crippen LogP) is 2.87. The molecule has 0 saturated carbocycles. The Balaban J connectivity index is 0. The van der Waals surface area contributed by atoms with Crippen LogP contribution in [0.2, 0.25) is 0 Å². The summed E-state index contributed by atoms with van der Waals surface area (Å²) in [6.45, 7) is 23.8. The molecule has 2 saturated heterocycles. The van der Waals surface area contributed by atoms with Crippen molar-refractivity contribution in [2.24, 2.45) is 17.6 Å². The van der Waals surface area contributed by atoms with Crippen molar-refractivity contribution in [3.8, 4) is 0 Å². The number of carbonyl (C=O) groups is 3. The molecule has 0 spiro atoms. The third-order valence-corrected chi connectivity index (χ3v) is 7.62. The van der Waals surface area contributed by atoms with E-state index in [9.17, 15) is 14.4 Å². The highest BCUT2D eigenvalue weighted by Gasteiger charge is 2.24. The van der Waals surface area contributed by atoms with E-state index in [2.05, 4.69) is 34.5 Å². The molecule has 0 atom stereocenters. The fourth-order valence-corrected chi connectivity index (χ4v) is 4.94. The predicted molar refractivity (Wildman–Crippen MR) is 177 cm³/mol. The third kappa shape index (κ3) is 21.0. The Morgan fingerprint density at radius 1 is 0.714 bits per heavy atom. The topological polar surface area (TPSA) is 114 Å². The fraction of sp³-hybridized carbons (Fsp3) is 0.906. The van der Waals surface area contributed by atoms with Crippen molar-refractivity contribution in [1.29, 1.82) is 0 Å². The highest BCUT2D eigenvalue weighted by Crippen LogP contribution is 2.22. The summed E-state index contributed by atoms with van der Waals surface area (Å²) in [5, 5.41) is 5.60. The first-order valence-corrected chi connectivity index (χ1v) is 16.7. The Morgan fingerprint density at radius 3 is 1.36 bits per heavy atom. The molecule has 2 aliphatic heterocycles. The summed E-state index contributed by atoms with van der Waals surface area (Å²) in [6.07, 6.45) is 5.81. The SMILES string of the molecule is CC.CCN.CCN(CCN(CC)C(=O)CC1CCN(C)CC1)C(=O)CC1CCN(C)CC1.CCNCC(=O)NCC. The highest BCUT2D eigenvalue weighted by atomic mass is 16.2. The molecule has 2 heterocycles. The van der Waals surface area contributed by atoms with Crippen molar-refractivity contribution in [3.05, 3.63) is 0 Å². The number of likely N-dealkylation sites (N-methyl/N-ethyl adjacent to an activating group) is 4. The van der Waals surface area contributed by atoms with E-state index < -0.39 is 0 Å². The lowest BCUT2D eigenvalue weighted by molar-refractivity contribution is -0.136. The van der Waals surface area contributed by atoms with Crippen molar-refractivity contribution in [1.82, 2.24) is 30.2 Å². The zero-order valence-electron chi connectivity index (χ0n) is 29.0. The number of nitrogens with zero attached hydrogens (tertiary/aromatic N) is 4. The molecule has 250 valence electrons. The summed E-state index contributed by atoms with van der Waals surface area (Å²) in [6, 6.07) is 0. The molecule has 2 aliphatic rings. The normalized spacial score (nSPS) is 16.0. The van der Waals surface area contributed by atoms with Gasteiger partial charge >= 0.3 is 0 Å². The lowest BCUT2D eigenvalue weighted by Crippen LogP contribution is -2.42. The number of likely N-dealkylation sites (tertiary alicyclic amines) is 2. The number of hydrogen-bond acceptors (Lipinski definition) is 7. The van der Waals surface area contributed by atoms with Gasteiger partial charge in [-0.05, 0) is 112 Å². The van der Waals surface area contributed by atoms with Gasteiger partial charge in [-0.2, -0.15) is 0 Å². The Hall–Kier alpha value is -1.75. The van der Waals surface area contributed by atoms with Crippen molar-refractivity contribution in [3.63, 3.8) is 0 Å². The van der Waals surface area contributed by atoms with Crippen molar-refractivity contribution >= 4 is 17.7 Å². The van der Waals surface area contributed by atoms with Crippen LogP contribution in [0.1, 0.15) is 87.0 Å². The van der Waals surface area contributed by atoms with Crippen molar-refractivity contribution in [2.45, 2.75) is 87.0 Å². The standard InChI is InChI=1S/C22H42N4O2.C6H14N2O.C2H7N.C2H6/c1-5-25(21(27)17-19-7-11-23(3)12-8-19)15-16-26(6-2)22(28)18-20-9-13-24(4)14-10-20;1-3-7-5-6(9)8-4-2;1-2-3;1-2/h19-20H,5-18H2,1-4H3;7H,3-5H2,1-2H3,(H,8,9);2-3H2,1H3;1-2H3. The number of nitrogens with two attached hydrogens (primary N) is 1. The van der Waals surface area contributed by atoms with E-state index >= 15 is 0 Å². The Bertz CT molecular complexity index is 620. The molecular weight excluding hydrogens is 530 g/mol. The van der Waals surface area contributed by atoms with E-state index in [1.54, 1.807) is 0 Å². The van der Waals surface area contributed by atoms with Crippen molar-refractivity contribution in [2.75, 3.05) is 92.6 Å². The van der Waals surface area contributed by atoms with Gasteiger partial charge in [-0.3, -0.25) is 14.4 Å². The van der Waals surface area contributed by atoms with Gasteiger partial charge in [0.15, 0.2) is 0 Å². The lowest BCUT2D eigenvalue weighted by atomic mass is 9.93. The molecule has 3 amide bonds. The summed E-state index contributed by atoms with van der Waals surface area (Å²) >= 11 is 0. The number of carbonyl (C=O) groups excluding carboxylic acids is 3. The molecular formula is C32H69N7O3. The van der Waals surface area contributed by atoms with E-state index in [1.807, 2.05) is 58.3 Å². The highest BCUT2D eigenvalue weighted by molar-refractivity contribution is 5.78. The molecule has 0 unspecified atom stereocenters. The van der Waals surface area contributed by atoms with Gasteiger partial charge in [0.25, 0.3) is 0 Å². The van der Waals surface area contributed by atoms with Gasteiger partial charge in [-0.15, -0.1) is 0 Å². The van der Waals surface area contributed by atoms with E-state index in [0.29, 0.717) is 50.9 Å². The molecule has 4 N–H and O–H groups in total. The van der Waals surface area contributed by atoms with E-state index in [-0.39, 0.29) is 17.7 Å². The van der Waals surface area contributed by atoms with Gasteiger partial charge in [0, 0.05) is 45.6 Å². The number of nitrogens with one attached hydrogen (secondary N) is 2. The average Bonchev–Trinajstić information content (AvgIpc) is 2.98. The molecule has 0 aromatic rings. The first-order chi connectivity index (χ1) is 20.1. The van der Waals surface area contributed by atoms with Crippen LogP contribution >= 0.6 is 0 Å². The fourth-order valence-electron chi connectivity index (χ4n) is 4.94. The van der Waals surface area contributed by atoms with Crippen LogP contribution in [-0.4, -0.2) is 130 Å². The molecule has 10 heteroatoms. The van der Waals surface area contributed by atoms with Gasteiger partial charge < -0.3 is 36.0 Å². The maximum Gasteiger partial charge on any atom is 0.233 e. The first kappa shape index (κ1) is 42.4. The minimum atomic E-state index is 0.0688. The summed E-state index contributed by atoms with van der Waals surface area (Å²) in [4.78, 5) is 44.7. The zero-order chi connectivity index (χ0) is 32.3. The molecule has 10 nitrogen and oxygen atoms in total. The molecule has 2 fully saturated rings. The smallest absolute Gasteiger partial charge is 0.233 e. The third-order valence-electron chi connectivity index (χ3n) is 7.62. The van der Waals surface area contributed by atoms with Crippen LogP contribution in [-0.2, 0) is 14.4 Å². The minimum Gasteiger partial charge on any atom is -0.355 e. The molecule has 0 radical (unpaired) electrons. The summed E-state index contributed by atoms with van der Waals surface area (Å²) in [7, 11) is 4.30. The molecule has 42 heavy (non-hydrogen) atoms. The molecule has 0 aliphatic carbocycles. The molecule has 0 bridgehead atoms. The largest absolute Gasteiger partial charge is 0.355 e. The van der Waals surface area contributed by atoms with Crippen LogP contribution in [0.3, 0.4) is 0 Å². The van der Waals surface area contributed by atoms with Crippen molar-refractivity contribution < 1.29 is 14.4 Å². The number of piperidine rings is 2. The number of amides is 3. The van der Waals surface area contributed by atoms with E-state index in [4.69, 9.17) is 5.73 Å². The van der Waals surface area contributed by atoms with Crippen LogP contribution in [0.15, 0.2) is 0 Å². The van der Waals surface area contributed by atoms with Crippen LogP contribution in [0, 0.1) is 11.8 Å². The quantitative estimate of drug-likeness (QED) is 0.298. The monoisotopic (exact) mass is 600 g/mol. The van der Waals surface area contributed by atoms with Crippen LogP contribution in [0.5, 0.6) is 0 Å². The first-order valence-electron chi connectivity index (χ1n) is 16.7. The van der Waals surface area contributed by atoms with Crippen LogP contribution in [0.25, 0.3) is 0 Å². The molecule has 0 aromatic carbocycles. The van der Waals surface area contributed by atoms with E-state index in [1.165, 1.54) is 0 Å². The molecule has 2 rings (SSSR count). The van der Waals surface area contributed by atoms with E-state index in [0.717, 1.165) is 78.0 Å². The van der Waals surface area contributed by atoms with Crippen LogP contribution in [0.4, 0.5) is 0 Å². The van der Waals surface area contributed by atoms with Gasteiger partial charge in [0.05, 0.1) is 6.54 Å². The summed E-state index contributed by atoms with van der Waals surface area (Å²) in [5.74, 6) is 1.63. The maximum atomic E-state index is 12.7. The lowest BCUT2D eigenvalue weighted by Gasteiger charge is -2.32. The van der Waals surface area contributed by atoms with Gasteiger partial charge in [-0.25, -0.2) is 0 Å². The second-order valence-electron chi connectivity index (χ2n) is 11.0. The second kappa shape index (κ2) is 28.0. The van der Waals surface area contributed by atoms with Gasteiger partial charge in [-0.1, -0.05) is 27.7 Å². The minimum absolute atomic E-state index is 0.0688.